The van der Waals surface area contributed by atoms with Crippen molar-refractivity contribution >= 4 is 17.2 Å². The van der Waals surface area contributed by atoms with Crippen LogP contribution in [-0.2, 0) is 0 Å². The first kappa shape index (κ1) is 13.1. The Kier molecular flexibility index (Phi) is 3.55. The predicted octanol–water partition coefficient (Wildman–Crippen LogP) is 2.45. The Bertz CT molecular complexity index is 598. The van der Waals surface area contributed by atoms with Crippen LogP contribution in [0, 0.1) is 13.8 Å². The van der Waals surface area contributed by atoms with Gasteiger partial charge in [0.1, 0.15) is 12.0 Å². The van der Waals surface area contributed by atoms with Gasteiger partial charge in [0.25, 0.3) is 0 Å². The molecule has 19 heavy (non-hydrogen) atoms. The van der Waals surface area contributed by atoms with Crippen LogP contribution in [0.2, 0.25) is 0 Å². The van der Waals surface area contributed by atoms with Gasteiger partial charge in [-0.15, -0.1) is 0 Å². The highest BCUT2D eigenvalue weighted by Crippen LogP contribution is 2.33. The minimum Gasteiger partial charge on any atom is -0.479 e. The number of anilines is 3. The maximum atomic E-state index is 6.02. The molecule has 1 aromatic heterocycles. The van der Waals surface area contributed by atoms with Gasteiger partial charge >= 0.3 is 0 Å². The van der Waals surface area contributed by atoms with E-state index in [4.69, 9.17) is 10.5 Å². The Morgan fingerprint density at radius 1 is 1.21 bits per heavy atom. The number of rotatable bonds is 3. The van der Waals surface area contributed by atoms with Crippen molar-refractivity contribution < 1.29 is 4.74 Å². The largest absolute Gasteiger partial charge is 0.479 e. The molecule has 0 aliphatic carbocycles. The zero-order valence-electron chi connectivity index (χ0n) is 11.6. The number of nitrogens with zero attached hydrogens (tertiary/aromatic N) is 3. The highest BCUT2D eigenvalue weighted by Gasteiger charge is 2.15. The summed E-state index contributed by atoms with van der Waals surface area (Å²) in [5.74, 6) is 1.03. The second-order valence-corrected chi connectivity index (χ2v) is 4.47. The Hall–Kier alpha value is -2.30. The van der Waals surface area contributed by atoms with E-state index in [1.54, 1.807) is 7.11 Å². The number of benzene rings is 1. The zero-order valence-corrected chi connectivity index (χ0v) is 11.6. The van der Waals surface area contributed by atoms with Crippen molar-refractivity contribution in [2.75, 3.05) is 24.8 Å². The summed E-state index contributed by atoms with van der Waals surface area (Å²) in [6.07, 6.45) is 1.45. The van der Waals surface area contributed by atoms with Gasteiger partial charge in [-0.25, -0.2) is 4.98 Å². The SMILES string of the molecule is COc1ncnc(N(C)c2ccc(C)cc2C)c1N. The molecule has 5 heteroatoms. The van der Waals surface area contributed by atoms with E-state index in [0.29, 0.717) is 17.4 Å². The van der Waals surface area contributed by atoms with Crippen LogP contribution in [0.5, 0.6) is 5.88 Å². The van der Waals surface area contributed by atoms with E-state index in [1.165, 1.54) is 17.5 Å². The number of ether oxygens (including phenoxy) is 1. The second-order valence-electron chi connectivity index (χ2n) is 4.47. The van der Waals surface area contributed by atoms with Crippen LogP contribution in [0.15, 0.2) is 24.5 Å². The van der Waals surface area contributed by atoms with Crippen LogP contribution in [0.25, 0.3) is 0 Å². The highest BCUT2D eigenvalue weighted by atomic mass is 16.5. The number of methoxy groups -OCH3 is 1. The minimum atomic E-state index is 0.390. The molecule has 0 atom stereocenters. The number of aromatic nitrogens is 2. The number of nitrogens with two attached hydrogens (primary N) is 1. The fourth-order valence-electron chi connectivity index (χ4n) is 2.10. The van der Waals surface area contributed by atoms with Crippen LogP contribution in [0.3, 0.4) is 0 Å². The van der Waals surface area contributed by atoms with Crippen molar-refractivity contribution in [1.29, 1.82) is 0 Å². The highest BCUT2D eigenvalue weighted by molar-refractivity contribution is 5.75. The summed E-state index contributed by atoms with van der Waals surface area (Å²) in [6.45, 7) is 4.13. The van der Waals surface area contributed by atoms with E-state index in [-0.39, 0.29) is 0 Å². The van der Waals surface area contributed by atoms with Crippen molar-refractivity contribution in [3.8, 4) is 5.88 Å². The van der Waals surface area contributed by atoms with Gasteiger partial charge in [-0.2, -0.15) is 4.98 Å². The maximum absolute atomic E-state index is 6.02. The molecule has 0 radical (unpaired) electrons. The molecule has 0 saturated heterocycles. The van der Waals surface area contributed by atoms with Crippen LogP contribution in [0.4, 0.5) is 17.2 Å². The molecule has 2 aromatic rings. The topological polar surface area (TPSA) is 64.3 Å². The van der Waals surface area contributed by atoms with Gasteiger partial charge in [0.2, 0.25) is 5.88 Å². The van der Waals surface area contributed by atoms with Crippen molar-refractivity contribution in [2.45, 2.75) is 13.8 Å². The van der Waals surface area contributed by atoms with Crippen molar-refractivity contribution in [2.24, 2.45) is 0 Å². The molecule has 5 nitrogen and oxygen atoms in total. The standard InChI is InChI=1S/C14H18N4O/c1-9-5-6-11(10(2)7-9)18(3)13-12(15)14(19-4)17-8-16-13/h5-8H,15H2,1-4H3. The van der Waals surface area contributed by atoms with E-state index in [9.17, 15) is 0 Å². The molecule has 0 bridgehead atoms. The Morgan fingerprint density at radius 3 is 2.58 bits per heavy atom. The molecule has 2 rings (SSSR count). The molecule has 0 saturated carbocycles. The number of hydrogen-bond donors (Lipinski definition) is 1. The lowest BCUT2D eigenvalue weighted by molar-refractivity contribution is 0.399. The van der Waals surface area contributed by atoms with Gasteiger partial charge < -0.3 is 15.4 Å². The van der Waals surface area contributed by atoms with Crippen LogP contribution in [-0.4, -0.2) is 24.1 Å². The summed E-state index contributed by atoms with van der Waals surface area (Å²) in [6, 6.07) is 6.24. The van der Waals surface area contributed by atoms with Crippen LogP contribution in [0.1, 0.15) is 11.1 Å². The van der Waals surface area contributed by atoms with Gasteiger partial charge in [0, 0.05) is 12.7 Å². The molecule has 0 fully saturated rings. The summed E-state index contributed by atoms with van der Waals surface area (Å²) in [5.41, 5.74) is 9.90. The Morgan fingerprint density at radius 2 is 1.95 bits per heavy atom. The van der Waals surface area contributed by atoms with Crippen molar-refractivity contribution in [1.82, 2.24) is 9.97 Å². The minimum absolute atomic E-state index is 0.390. The average molecular weight is 258 g/mol. The molecule has 0 amide bonds. The zero-order chi connectivity index (χ0) is 14.0. The van der Waals surface area contributed by atoms with Crippen LogP contribution >= 0.6 is 0 Å². The van der Waals surface area contributed by atoms with Crippen LogP contribution < -0.4 is 15.4 Å². The first-order chi connectivity index (χ1) is 9.04. The first-order valence-electron chi connectivity index (χ1n) is 6.00. The maximum Gasteiger partial charge on any atom is 0.242 e. The molecule has 100 valence electrons. The average Bonchev–Trinajstić information content (AvgIpc) is 2.38. The fraction of sp³-hybridized carbons (Fsp3) is 0.286. The van der Waals surface area contributed by atoms with E-state index in [1.807, 2.05) is 11.9 Å². The molecule has 0 spiro atoms. The second kappa shape index (κ2) is 5.14. The Labute approximate surface area is 113 Å². The molecule has 2 N–H and O–H groups in total. The summed E-state index contributed by atoms with van der Waals surface area (Å²) in [5, 5.41) is 0. The van der Waals surface area contributed by atoms with Gasteiger partial charge in [0.15, 0.2) is 5.82 Å². The summed E-state index contributed by atoms with van der Waals surface area (Å²) < 4.78 is 5.12. The van der Waals surface area contributed by atoms with E-state index < -0.39 is 0 Å². The summed E-state index contributed by atoms with van der Waals surface area (Å²) in [7, 11) is 3.47. The van der Waals surface area contributed by atoms with Gasteiger partial charge in [-0.3, -0.25) is 0 Å². The quantitative estimate of drug-likeness (QED) is 0.916. The number of aryl methyl sites for hydroxylation is 2. The summed E-state index contributed by atoms with van der Waals surface area (Å²) in [4.78, 5) is 10.2. The van der Waals surface area contributed by atoms with Crippen molar-refractivity contribution in [3.63, 3.8) is 0 Å². The van der Waals surface area contributed by atoms with Gasteiger partial charge in [0.05, 0.1) is 7.11 Å². The number of nitrogen functional groups attached to an aromatic ring is 1. The van der Waals surface area contributed by atoms with Gasteiger partial charge in [-0.1, -0.05) is 17.7 Å². The molecule has 0 aliphatic rings. The van der Waals surface area contributed by atoms with E-state index in [0.717, 1.165) is 5.69 Å². The molecule has 1 heterocycles. The molecule has 0 aliphatic heterocycles. The first-order valence-corrected chi connectivity index (χ1v) is 6.00. The molecular formula is C14H18N4O. The summed E-state index contributed by atoms with van der Waals surface area (Å²) >= 11 is 0. The molecule has 1 aromatic carbocycles. The lowest BCUT2D eigenvalue weighted by atomic mass is 10.1. The molecule has 0 unspecified atom stereocenters. The van der Waals surface area contributed by atoms with Crippen molar-refractivity contribution in [3.05, 3.63) is 35.7 Å². The Balaban J connectivity index is 2.47. The third-order valence-electron chi connectivity index (χ3n) is 3.05. The van der Waals surface area contributed by atoms with Gasteiger partial charge in [-0.05, 0) is 25.5 Å². The lowest BCUT2D eigenvalue weighted by Crippen LogP contribution is -2.15. The molecular weight excluding hydrogens is 240 g/mol. The monoisotopic (exact) mass is 258 g/mol. The third kappa shape index (κ3) is 2.45. The smallest absolute Gasteiger partial charge is 0.242 e. The fourth-order valence-corrected chi connectivity index (χ4v) is 2.10. The normalized spacial score (nSPS) is 10.3. The van der Waals surface area contributed by atoms with E-state index >= 15 is 0 Å². The lowest BCUT2D eigenvalue weighted by Gasteiger charge is -2.22. The number of hydrogen-bond acceptors (Lipinski definition) is 5. The predicted molar refractivity (Wildman–Crippen MR) is 77.0 cm³/mol. The third-order valence-corrected chi connectivity index (χ3v) is 3.05. The van der Waals surface area contributed by atoms with E-state index in [2.05, 4.69) is 42.0 Å².